The van der Waals surface area contributed by atoms with Crippen LogP contribution in [0.4, 0.5) is 0 Å². The van der Waals surface area contributed by atoms with Crippen LogP contribution in [0.5, 0.6) is 0 Å². The zero-order chi connectivity index (χ0) is 0. The molecule has 0 unspecified atom stereocenters. The molecule has 0 amide bonds. The summed E-state index contributed by atoms with van der Waals surface area (Å²) in [5.41, 5.74) is 0. The van der Waals surface area contributed by atoms with Crippen LogP contribution in [-0.2, 0) is 0 Å². The van der Waals surface area contributed by atoms with Crippen LogP contribution in [-0.4, -0.2) is 94.8 Å². The van der Waals surface area contributed by atoms with Crippen molar-refractivity contribution >= 4 is 106 Å². The molecule has 0 aromatic rings. The summed E-state index contributed by atoms with van der Waals surface area (Å²) in [6.45, 7) is 0. The maximum absolute atomic E-state index is 0. The van der Waals surface area contributed by atoms with Crippen LogP contribution in [0.25, 0.3) is 0 Å². The number of rotatable bonds is 0. The monoisotopic (exact) mass is 171 g/mol. The summed E-state index contributed by atoms with van der Waals surface area (Å²) in [5, 5.41) is 0. The third-order valence-corrected chi connectivity index (χ3v) is 0. The van der Waals surface area contributed by atoms with Gasteiger partial charge in [-0.3, -0.25) is 0 Å². The van der Waals surface area contributed by atoms with Crippen molar-refractivity contribution in [2.24, 2.45) is 0 Å². The maximum atomic E-state index is 0. The van der Waals surface area contributed by atoms with Crippen LogP contribution in [0.1, 0.15) is 0 Å². The van der Waals surface area contributed by atoms with Crippen molar-refractivity contribution in [3.8, 4) is 0 Å². The zero-order valence-electron chi connectivity index (χ0n) is 3.49. The summed E-state index contributed by atoms with van der Waals surface area (Å²) < 4.78 is 0. The van der Waals surface area contributed by atoms with Gasteiger partial charge in [-0.25, -0.2) is 0 Å². The second kappa shape index (κ2) is 27.3. The Morgan fingerprint density at radius 3 is 1.00 bits per heavy atom. The van der Waals surface area contributed by atoms with Gasteiger partial charge in [-0.1, -0.05) is 0 Å². The molecular formula is H3BBrKNaO. The third kappa shape index (κ3) is 19.1. The van der Waals surface area contributed by atoms with Gasteiger partial charge in [0.1, 0.15) is 0 Å². The fourth-order valence-corrected chi connectivity index (χ4v) is 0. The van der Waals surface area contributed by atoms with Crippen LogP contribution < -0.4 is 0 Å². The largest absolute Gasteiger partial charge is 0.412 e. The van der Waals surface area contributed by atoms with Gasteiger partial charge in [0.2, 0.25) is 0 Å². The Kier molecular flexibility index (Phi) is 230. The Morgan fingerprint density at radius 1 is 1.00 bits per heavy atom. The maximum Gasteiger partial charge on any atom is 0 e. The Hall–Kier alpha value is 3.14. The molecule has 0 aliphatic rings. The molecule has 0 aromatic carbocycles. The average molecular weight is 172 g/mol. The number of hydrogen-bond acceptors (Lipinski definition) is 0. The van der Waals surface area contributed by atoms with Crippen molar-refractivity contribution in [2.75, 3.05) is 0 Å². The average Bonchev–Trinajstić information content (AvgIpc) is 0. The summed E-state index contributed by atoms with van der Waals surface area (Å²) in [7, 11) is 0. The first-order valence-electron chi connectivity index (χ1n) is 0. The van der Waals surface area contributed by atoms with Gasteiger partial charge in [0.05, 0.1) is 0 Å². The minimum Gasteiger partial charge on any atom is -0.412 e. The van der Waals surface area contributed by atoms with E-state index in [4.69, 9.17) is 0 Å². The molecule has 5 radical (unpaired) electrons. The minimum absolute atomic E-state index is 0. The molecule has 0 aliphatic carbocycles. The molecule has 0 atom stereocenters. The predicted octanol–water partition coefficient (Wildman–Crippen LogP) is -1.39. The summed E-state index contributed by atoms with van der Waals surface area (Å²) in [6.07, 6.45) is 0. The smallest absolute Gasteiger partial charge is 0 e. The minimum atomic E-state index is 0. The van der Waals surface area contributed by atoms with Crippen molar-refractivity contribution in [1.82, 2.24) is 0 Å². The first-order chi connectivity index (χ1) is 0. The topological polar surface area (TPSA) is 31.5 Å². The van der Waals surface area contributed by atoms with Crippen LogP contribution in [0.15, 0.2) is 0 Å². The molecule has 0 saturated heterocycles. The van der Waals surface area contributed by atoms with Gasteiger partial charge in [-0.05, 0) is 0 Å². The molecule has 0 saturated carbocycles. The normalized spacial score (nSPS) is 0. The third-order valence-electron chi connectivity index (χ3n) is 0. The van der Waals surface area contributed by atoms with E-state index in [-0.39, 0.29) is 112 Å². The van der Waals surface area contributed by atoms with E-state index in [1.54, 1.807) is 0 Å². The molecule has 21 valence electrons. The molecule has 1 nitrogen and oxygen atoms in total. The molecule has 0 aliphatic heterocycles. The quantitative estimate of drug-likeness (QED) is 0.403. The fraction of sp³-hybridized carbons (Fsp3) is 0. The van der Waals surface area contributed by atoms with E-state index in [1.165, 1.54) is 0 Å². The Morgan fingerprint density at radius 2 is 1.00 bits per heavy atom. The van der Waals surface area contributed by atoms with E-state index in [9.17, 15) is 0 Å². The number of hydrogen-bond donors (Lipinski definition) is 0. The van der Waals surface area contributed by atoms with Gasteiger partial charge in [0.15, 0.2) is 0 Å². The van der Waals surface area contributed by atoms with Gasteiger partial charge in [0, 0.05) is 89.4 Å². The van der Waals surface area contributed by atoms with E-state index in [0.717, 1.165) is 0 Å². The van der Waals surface area contributed by atoms with E-state index in [2.05, 4.69) is 0 Å². The van der Waals surface area contributed by atoms with E-state index in [0.29, 0.717) is 0 Å². The SMILES string of the molecule is Br.O.[B].[K].[Na]. The van der Waals surface area contributed by atoms with Gasteiger partial charge in [0.25, 0.3) is 0 Å². The molecule has 0 heterocycles. The zero-order valence-corrected chi connectivity index (χ0v) is 10.3. The first kappa shape index (κ1) is 42.1. The molecule has 0 bridgehead atoms. The van der Waals surface area contributed by atoms with Gasteiger partial charge >= 0.3 is 0 Å². The summed E-state index contributed by atoms with van der Waals surface area (Å²) in [4.78, 5) is 0. The van der Waals surface area contributed by atoms with Gasteiger partial charge < -0.3 is 5.48 Å². The Balaban J connectivity index is 0. The standard InChI is InChI=1S/B.BrH.K.Na.H2O/h;1H;;;1H2. The van der Waals surface area contributed by atoms with Gasteiger partial charge in [-0.15, -0.1) is 17.0 Å². The number of halogens is 1. The molecule has 5 heavy (non-hydrogen) atoms. The predicted molar refractivity (Wildman–Crippen MR) is 31.2 cm³/mol. The molecule has 2 N–H and O–H groups in total. The van der Waals surface area contributed by atoms with Gasteiger partial charge in [-0.2, -0.15) is 0 Å². The molecule has 0 spiro atoms. The second-order valence-corrected chi connectivity index (χ2v) is 0. The Labute approximate surface area is 109 Å². The Bertz CT molecular complexity index is 11.6. The van der Waals surface area contributed by atoms with Crippen LogP contribution in [0, 0.1) is 0 Å². The van der Waals surface area contributed by atoms with E-state index >= 15 is 0 Å². The molecule has 0 aromatic heterocycles. The van der Waals surface area contributed by atoms with Crippen LogP contribution >= 0.6 is 17.0 Å². The fourth-order valence-electron chi connectivity index (χ4n) is 0. The van der Waals surface area contributed by atoms with Crippen LogP contribution in [0.3, 0.4) is 0 Å². The molecular weight excluding hydrogens is 169 g/mol. The van der Waals surface area contributed by atoms with Crippen molar-refractivity contribution in [3.05, 3.63) is 0 Å². The van der Waals surface area contributed by atoms with Crippen molar-refractivity contribution in [1.29, 1.82) is 0 Å². The second-order valence-electron chi connectivity index (χ2n) is 0. The van der Waals surface area contributed by atoms with E-state index < -0.39 is 0 Å². The molecule has 0 rings (SSSR count). The van der Waals surface area contributed by atoms with Crippen molar-refractivity contribution in [2.45, 2.75) is 0 Å². The molecule has 5 heteroatoms. The van der Waals surface area contributed by atoms with E-state index in [1.807, 2.05) is 0 Å². The van der Waals surface area contributed by atoms with Crippen molar-refractivity contribution in [3.63, 3.8) is 0 Å². The molecule has 0 fully saturated rings. The van der Waals surface area contributed by atoms with Crippen molar-refractivity contribution < 1.29 is 5.48 Å². The summed E-state index contributed by atoms with van der Waals surface area (Å²) >= 11 is 0. The summed E-state index contributed by atoms with van der Waals surface area (Å²) in [6, 6.07) is 0. The van der Waals surface area contributed by atoms with Crippen LogP contribution in [0.2, 0.25) is 0 Å². The first-order valence-corrected chi connectivity index (χ1v) is 0. The summed E-state index contributed by atoms with van der Waals surface area (Å²) in [5.74, 6) is 0.